The van der Waals surface area contributed by atoms with E-state index in [0.717, 1.165) is 24.2 Å². The maximum atomic E-state index is 11.7. The molecule has 1 aromatic heterocycles. The van der Waals surface area contributed by atoms with Gasteiger partial charge in [-0.15, -0.1) is 0 Å². The molecule has 1 N–H and O–H groups in total. The molecule has 1 aromatic carbocycles. The van der Waals surface area contributed by atoms with Gasteiger partial charge in [0.25, 0.3) is 0 Å². The third kappa shape index (κ3) is 3.01. The van der Waals surface area contributed by atoms with E-state index in [0.29, 0.717) is 5.75 Å². The minimum Gasteiger partial charge on any atom is -0.381 e. The fraction of sp³-hybridized carbons (Fsp3) is 0.357. The van der Waals surface area contributed by atoms with Crippen LogP contribution in [0.2, 0.25) is 0 Å². The molecule has 1 saturated heterocycles. The van der Waals surface area contributed by atoms with E-state index in [-0.39, 0.29) is 11.8 Å². The van der Waals surface area contributed by atoms with Crippen LogP contribution in [0.1, 0.15) is 12.8 Å². The van der Waals surface area contributed by atoms with Crippen molar-refractivity contribution in [3.8, 4) is 5.69 Å². The van der Waals surface area contributed by atoms with Crippen LogP contribution in [0.25, 0.3) is 5.69 Å². The standard InChI is InChI=1S/C14H17N3O2S/c18-20(19)9-2-5-13(11-20)16-12-4-1-6-14(10-12)17-8-3-7-15-17/h1,3-4,6-8,10,13,16H,2,5,9,11H2. The first-order valence-corrected chi connectivity index (χ1v) is 8.52. The molecule has 0 spiro atoms. The van der Waals surface area contributed by atoms with E-state index in [9.17, 15) is 8.42 Å². The monoisotopic (exact) mass is 291 g/mol. The van der Waals surface area contributed by atoms with Crippen LogP contribution < -0.4 is 5.32 Å². The molecule has 6 heteroatoms. The molecule has 1 unspecified atom stereocenters. The second-order valence-corrected chi connectivity index (χ2v) is 7.33. The Kier molecular flexibility index (Phi) is 3.48. The van der Waals surface area contributed by atoms with Crippen LogP contribution in [0.15, 0.2) is 42.7 Å². The lowest BCUT2D eigenvalue weighted by Crippen LogP contribution is -2.34. The van der Waals surface area contributed by atoms with Crippen LogP contribution in [0.5, 0.6) is 0 Å². The number of anilines is 1. The van der Waals surface area contributed by atoms with Gasteiger partial charge < -0.3 is 5.32 Å². The van der Waals surface area contributed by atoms with E-state index >= 15 is 0 Å². The molecule has 2 aromatic rings. The van der Waals surface area contributed by atoms with Crippen molar-refractivity contribution in [2.75, 3.05) is 16.8 Å². The topological polar surface area (TPSA) is 64.0 Å². The Bertz CT molecular complexity index is 680. The molecule has 106 valence electrons. The number of nitrogens with zero attached hydrogens (tertiary/aromatic N) is 2. The Morgan fingerprint density at radius 1 is 1.30 bits per heavy atom. The number of rotatable bonds is 3. The van der Waals surface area contributed by atoms with Crippen LogP contribution in [0.4, 0.5) is 5.69 Å². The molecule has 0 aliphatic carbocycles. The number of aromatic nitrogens is 2. The van der Waals surface area contributed by atoms with Gasteiger partial charge in [-0.1, -0.05) is 6.07 Å². The molecule has 2 heterocycles. The van der Waals surface area contributed by atoms with Crippen molar-refractivity contribution in [1.29, 1.82) is 0 Å². The molecule has 5 nitrogen and oxygen atoms in total. The number of hydrogen-bond acceptors (Lipinski definition) is 4. The van der Waals surface area contributed by atoms with Gasteiger partial charge in [-0.25, -0.2) is 13.1 Å². The Balaban J connectivity index is 1.76. The van der Waals surface area contributed by atoms with Gasteiger partial charge in [0.05, 0.1) is 17.2 Å². The fourth-order valence-electron chi connectivity index (χ4n) is 2.53. The van der Waals surface area contributed by atoms with Gasteiger partial charge >= 0.3 is 0 Å². The Morgan fingerprint density at radius 3 is 2.95 bits per heavy atom. The predicted octanol–water partition coefficient (Wildman–Crippen LogP) is 1.86. The summed E-state index contributed by atoms with van der Waals surface area (Å²) in [7, 11) is -2.89. The van der Waals surface area contributed by atoms with Gasteiger partial charge in [0.2, 0.25) is 0 Å². The molecule has 0 amide bonds. The van der Waals surface area contributed by atoms with Gasteiger partial charge in [0.15, 0.2) is 9.84 Å². The van der Waals surface area contributed by atoms with Crippen molar-refractivity contribution in [2.24, 2.45) is 0 Å². The quantitative estimate of drug-likeness (QED) is 0.937. The highest BCUT2D eigenvalue weighted by Crippen LogP contribution is 2.19. The van der Waals surface area contributed by atoms with Gasteiger partial charge in [0.1, 0.15) is 0 Å². The first-order valence-electron chi connectivity index (χ1n) is 6.69. The molecule has 3 rings (SSSR count). The van der Waals surface area contributed by atoms with Crippen molar-refractivity contribution in [3.05, 3.63) is 42.7 Å². The maximum Gasteiger partial charge on any atom is 0.152 e. The number of benzene rings is 1. The average Bonchev–Trinajstić information content (AvgIpc) is 2.91. The van der Waals surface area contributed by atoms with E-state index in [1.54, 1.807) is 10.9 Å². The van der Waals surface area contributed by atoms with E-state index < -0.39 is 9.84 Å². The van der Waals surface area contributed by atoms with Gasteiger partial charge in [-0.05, 0) is 37.1 Å². The summed E-state index contributed by atoms with van der Waals surface area (Å²) in [5.41, 5.74) is 1.89. The SMILES string of the molecule is O=S1(=O)CCCC(Nc2cccc(-n3cccn3)c2)C1. The molecule has 0 bridgehead atoms. The summed E-state index contributed by atoms with van der Waals surface area (Å²) < 4.78 is 25.1. The summed E-state index contributed by atoms with van der Waals surface area (Å²) in [5, 5.41) is 7.51. The average molecular weight is 291 g/mol. The zero-order valence-electron chi connectivity index (χ0n) is 11.1. The highest BCUT2D eigenvalue weighted by atomic mass is 32.2. The number of nitrogens with one attached hydrogen (secondary N) is 1. The minimum absolute atomic E-state index is 0.00150. The van der Waals surface area contributed by atoms with E-state index in [1.165, 1.54) is 0 Å². The highest BCUT2D eigenvalue weighted by Gasteiger charge is 2.24. The van der Waals surface area contributed by atoms with Crippen molar-refractivity contribution in [3.63, 3.8) is 0 Å². The Hall–Kier alpha value is -1.82. The van der Waals surface area contributed by atoms with Crippen LogP contribution in [-0.4, -0.2) is 35.7 Å². The minimum atomic E-state index is -2.89. The summed E-state index contributed by atoms with van der Waals surface area (Å²) in [6.07, 6.45) is 5.24. The summed E-state index contributed by atoms with van der Waals surface area (Å²) in [6.45, 7) is 0. The van der Waals surface area contributed by atoms with Crippen molar-refractivity contribution in [2.45, 2.75) is 18.9 Å². The summed E-state index contributed by atoms with van der Waals surface area (Å²) in [4.78, 5) is 0. The zero-order valence-corrected chi connectivity index (χ0v) is 11.9. The lowest BCUT2D eigenvalue weighted by atomic mass is 10.1. The van der Waals surface area contributed by atoms with Crippen molar-refractivity contribution < 1.29 is 8.42 Å². The third-order valence-corrected chi connectivity index (χ3v) is 5.27. The lowest BCUT2D eigenvalue weighted by Gasteiger charge is -2.24. The van der Waals surface area contributed by atoms with Crippen LogP contribution in [-0.2, 0) is 9.84 Å². The first-order chi connectivity index (χ1) is 9.62. The normalized spacial score (nSPS) is 21.5. The highest BCUT2D eigenvalue weighted by molar-refractivity contribution is 7.91. The van der Waals surface area contributed by atoms with Crippen molar-refractivity contribution >= 4 is 15.5 Å². The number of sulfone groups is 1. The molecule has 1 atom stereocenters. The van der Waals surface area contributed by atoms with E-state index in [1.807, 2.05) is 36.5 Å². The molecule has 20 heavy (non-hydrogen) atoms. The Labute approximate surface area is 118 Å². The molecule has 0 radical (unpaired) electrons. The van der Waals surface area contributed by atoms with E-state index in [2.05, 4.69) is 10.4 Å². The van der Waals surface area contributed by atoms with Crippen LogP contribution in [0, 0.1) is 0 Å². The second kappa shape index (κ2) is 5.28. The molecular formula is C14H17N3O2S. The Morgan fingerprint density at radius 2 is 2.20 bits per heavy atom. The predicted molar refractivity (Wildman–Crippen MR) is 78.9 cm³/mol. The largest absolute Gasteiger partial charge is 0.381 e. The second-order valence-electron chi connectivity index (χ2n) is 5.10. The summed E-state index contributed by atoms with van der Waals surface area (Å²) in [6, 6.07) is 9.71. The third-order valence-electron chi connectivity index (χ3n) is 3.45. The van der Waals surface area contributed by atoms with Gasteiger partial charge in [-0.3, -0.25) is 0 Å². The van der Waals surface area contributed by atoms with Gasteiger partial charge in [-0.2, -0.15) is 5.10 Å². The molecule has 1 aliphatic rings. The number of hydrogen-bond donors (Lipinski definition) is 1. The smallest absolute Gasteiger partial charge is 0.152 e. The van der Waals surface area contributed by atoms with Gasteiger partial charge in [0, 0.05) is 24.1 Å². The lowest BCUT2D eigenvalue weighted by molar-refractivity contribution is 0.562. The van der Waals surface area contributed by atoms with Crippen molar-refractivity contribution in [1.82, 2.24) is 9.78 Å². The summed E-state index contributed by atoms with van der Waals surface area (Å²) >= 11 is 0. The van der Waals surface area contributed by atoms with Crippen LogP contribution in [0.3, 0.4) is 0 Å². The maximum absolute atomic E-state index is 11.7. The zero-order chi connectivity index (χ0) is 14.0. The molecular weight excluding hydrogens is 274 g/mol. The summed E-state index contributed by atoms with van der Waals surface area (Å²) in [5.74, 6) is 0.539. The first kappa shape index (κ1) is 13.2. The van der Waals surface area contributed by atoms with E-state index in [4.69, 9.17) is 0 Å². The molecule has 0 saturated carbocycles. The van der Waals surface area contributed by atoms with Crippen LogP contribution >= 0.6 is 0 Å². The molecule has 1 aliphatic heterocycles. The molecule has 1 fully saturated rings. The fourth-order valence-corrected chi connectivity index (χ4v) is 4.17.